The second-order valence-electron chi connectivity index (χ2n) is 4.70. The van der Waals surface area contributed by atoms with Crippen molar-refractivity contribution in [1.29, 1.82) is 0 Å². The Labute approximate surface area is 121 Å². The maximum Gasteiger partial charge on any atom is 0.327 e. The molecule has 0 spiro atoms. The van der Waals surface area contributed by atoms with Gasteiger partial charge >= 0.3 is 5.97 Å². The van der Waals surface area contributed by atoms with Crippen LogP contribution in [0.4, 0.5) is 0 Å². The van der Waals surface area contributed by atoms with Gasteiger partial charge in [-0.15, -0.1) is 0 Å². The molecule has 0 aromatic heterocycles. The molecule has 0 bridgehead atoms. The van der Waals surface area contributed by atoms with Crippen molar-refractivity contribution < 1.29 is 14.3 Å². The summed E-state index contributed by atoms with van der Waals surface area (Å²) in [6.45, 7) is 4.90. The van der Waals surface area contributed by atoms with Crippen molar-refractivity contribution in [2.24, 2.45) is 0 Å². The lowest BCUT2D eigenvalue weighted by atomic mass is 10.0. The van der Waals surface area contributed by atoms with Crippen LogP contribution in [-0.2, 0) is 14.3 Å². The molecule has 0 aliphatic rings. The molecule has 1 aromatic carbocycles. The van der Waals surface area contributed by atoms with Crippen LogP contribution in [0.15, 0.2) is 30.3 Å². The van der Waals surface area contributed by atoms with Gasteiger partial charge < -0.3 is 9.47 Å². The van der Waals surface area contributed by atoms with Gasteiger partial charge in [0, 0.05) is 13.2 Å². The molecule has 4 nitrogen and oxygen atoms in total. The van der Waals surface area contributed by atoms with E-state index in [0.29, 0.717) is 13.2 Å². The molecule has 0 fully saturated rings. The first kappa shape index (κ1) is 16.7. The van der Waals surface area contributed by atoms with E-state index < -0.39 is 6.04 Å². The molecule has 1 N–H and O–H groups in total. The molecule has 0 aliphatic heterocycles. The molecule has 0 radical (unpaired) electrons. The summed E-state index contributed by atoms with van der Waals surface area (Å²) in [6, 6.07) is 9.35. The van der Waals surface area contributed by atoms with Crippen molar-refractivity contribution in [3.8, 4) is 0 Å². The smallest absolute Gasteiger partial charge is 0.327 e. The fourth-order valence-corrected chi connectivity index (χ4v) is 2.17. The maximum atomic E-state index is 12.2. The predicted octanol–water partition coefficient (Wildman–Crippen LogP) is 2.70. The second-order valence-corrected chi connectivity index (χ2v) is 4.70. The predicted molar refractivity (Wildman–Crippen MR) is 79.5 cm³/mol. The molecule has 20 heavy (non-hydrogen) atoms. The molecule has 0 heterocycles. The van der Waals surface area contributed by atoms with E-state index >= 15 is 0 Å². The number of carbonyl (C=O) groups is 1. The van der Waals surface area contributed by atoms with Crippen LogP contribution in [0.3, 0.4) is 0 Å². The van der Waals surface area contributed by atoms with Crippen molar-refractivity contribution in [3.05, 3.63) is 35.9 Å². The molecule has 0 aliphatic carbocycles. The van der Waals surface area contributed by atoms with Gasteiger partial charge in [0.05, 0.1) is 13.2 Å². The van der Waals surface area contributed by atoms with Gasteiger partial charge in [-0.25, -0.2) is 4.79 Å². The number of nitrogens with one attached hydrogen (secondary N) is 1. The standard InChI is InChI=1S/C16H25NO3/c1-4-9-14(12-19-3)17-15(16(18)20-5-2)13-10-7-6-8-11-13/h6-8,10-11,14-15,17H,4-5,9,12H2,1-3H3. The Kier molecular flexibility index (Phi) is 7.92. The van der Waals surface area contributed by atoms with E-state index in [-0.39, 0.29) is 12.0 Å². The summed E-state index contributed by atoms with van der Waals surface area (Å²) >= 11 is 0. The molecule has 2 unspecified atom stereocenters. The zero-order valence-corrected chi connectivity index (χ0v) is 12.6. The molecule has 0 saturated heterocycles. The Morgan fingerprint density at radius 3 is 2.50 bits per heavy atom. The van der Waals surface area contributed by atoms with Gasteiger partial charge in [0.25, 0.3) is 0 Å². The molecule has 0 amide bonds. The quantitative estimate of drug-likeness (QED) is 0.706. The number of benzene rings is 1. The molecule has 1 aromatic rings. The molecular formula is C16H25NO3. The van der Waals surface area contributed by atoms with E-state index in [4.69, 9.17) is 9.47 Å². The molecule has 1 rings (SSSR count). The molecule has 0 saturated carbocycles. The summed E-state index contributed by atoms with van der Waals surface area (Å²) in [7, 11) is 1.67. The van der Waals surface area contributed by atoms with Crippen LogP contribution in [0.1, 0.15) is 38.3 Å². The Morgan fingerprint density at radius 2 is 1.95 bits per heavy atom. The van der Waals surface area contributed by atoms with Crippen LogP contribution in [0.2, 0.25) is 0 Å². The number of ether oxygens (including phenoxy) is 2. The van der Waals surface area contributed by atoms with E-state index in [9.17, 15) is 4.79 Å². The third-order valence-electron chi connectivity index (χ3n) is 3.06. The van der Waals surface area contributed by atoms with Crippen LogP contribution in [0, 0.1) is 0 Å². The van der Waals surface area contributed by atoms with Gasteiger partial charge in [-0.1, -0.05) is 43.7 Å². The monoisotopic (exact) mass is 279 g/mol. The summed E-state index contributed by atoms with van der Waals surface area (Å²) in [5.74, 6) is -0.240. The fraction of sp³-hybridized carbons (Fsp3) is 0.562. The number of hydrogen-bond acceptors (Lipinski definition) is 4. The van der Waals surface area contributed by atoms with E-state index in [2.05, 4.69) is 12.2 Å². The largest absolute Gasteiger partial charge is 0.465 e. The highest BCUT2D eigenvalue weighted by atomic mass is 16.5. The number of methoxy groups -OCH3 is 1. The van der Waals surface area contributed by atoms with Gasteiger partial charge in [0.15, 0.2) is 0 Å². The molecule has 2 atom stereocenters. The number of rotatable bonds is 9. The Bertz CT molecular complexity index is 375. The number of hydrogen-bond donors (Lipinski definition) is 1. The van der Waals surface area contributed by atoms with Gasteiger partial charge in [-0.3, -0.25) is 5.32 Å². The number of carbonyl (C=O) groups excluding carboxylic acids is 1. The second kappa shape index (κ2) is 9.50. The van der Waals surface area contributed by atoms with E-state index in [0.717, 1.165) is 18.4 Å². The van der Waals surface area contributed by atoms with Crippen molar-refractivity contribution in [3.63, 3.8) is 0 Å². The Morgan fingerprint density at radius 1 is 1.25 bits per heavy atom. The SMILES string of the molecule is CCCC(COC)NC(C(=O)OCC)c1ccccc1. The highest BCUT2D eigenvalue weighted by molar-refractivity contribution is 5.77. The zero-order valence-electron chi connectivity index (χ0n) is 12.6. The molecule has 4 heteroatoms. The first-order valence-corrected chi connectivity index (χ1v) is 7.19. The summed E-state index contributed by atoms with van der Waals surface area (Å²) in [6.07, 6.45) is 1.99. The molecular weight excluding hydrogens is 254 g/mol. The van der Waals surface area contributed by atoms with Crippen molar-refractivity contribution in [2.75, 3.05) is 20.3 Å². The average Bonchev–Trinajstić information content (AvgIpc) is 2.46. The van der Waals surface area contributed by atoms with Crippen molar-refractivity contribution >= 4 is 5.97 Å². The van der Waals surface area contributed by atoms with E-state index in [1.165, 1.54) is 0 Å². The lowest BCUT2D eigenvalue weighted by Crippen LogP contribution is -2.40. The lowest BCUT2D eigenvalue weighted by molar-refractivity contribution is -0.146. The first-order chi connectivity index (χ1) is 9.72. The third-order valence-corrected chi connectivity index (χ3v) is 3.06. The van der Waals surface area contributed by atoms with Crippen LogP contribution in [-0.4, -0.2) is 32.3 Å². The van der Waals surface area contributed by atoms with Crippen LogP contribution >= 0.6 is 0 Å². The highest BCUT2D eigenvalue weighted by Crippen LogP contribution is 2.16. The highest BCUT2D eigenvalue weighted by Gasteiger charge is 2.24. The summed E-state index contributed by atoms with van der Waals surface area (Å²) in [4.78, 5) is 12.2. The van der Waals surface area contributed by atoms with Gasteiger partial charge in [-0.05, 0) is 18.9 Å². The van der Waals surface area contributed by atoms with Crippen molar-refractivity contribution in [2.45, 2.75) is 38.8 Å². The molecule has 112 valence electrons. The minimum atomic E-state index is -0.442. The minimum Gasteiger partial charge on any atom is -0.465 e. The lowest BCUT2D eigenvalue weighted by Gasteiger charge is -2.24. The Hall–Kier alpha value is -1.39. The van der Waals surface area contributed by atoms with Crippen LogP contribution in [0.25, 0.3) is 0 Å². The third kappa shape index (κ3) is 5.31. The summed E-state index contributed by atoms with van der Waals surface area (Å²) in [5, 5.41) is 3.36. The summed E-state index contributed by atoms with van der Waals surface area (Å²) in [5.41, 5.74) is 0.920. The van der Waals surface area contributed by atoms with E-state index in [1.807, 2.05) is 37.3 Å². The van der Waals surface area contributed by atoms with Gasteiger partial charge in [0.2, 0.25) is 0 Å². The summed E-state index contributed by atoms with van der Waals surface area (Å²) < 4.78 is 10.4. The van der Waals surface area contributed by atoms with E-state index in [1.54, 1.807) is 7.11 Å². The van der Waals surface area contributed by atoms with Gasteiger partial charge in [-0.2, -0.15) is 0 Å². The average molecular weight is 279 g/mol. The normalized spacial score (nSPS) is 13.8. The Balaban J connectivity index is 2.84. The van der Waals surface area contributed by atoms with Crippen molar-refractivity contribution in [1.82, 2.24) is 5.32 Å². The van der Waals surface area contributed by atoms with Gasteiger partial charge in [0.1, 0.15) is 6.04 Å². The first-order valence-electron chi connectivity index (χ1n) is 7.19. The maximum absolute atomic E-state index is 12.2. The van der Waals surface area contributed by atoms with Crippen LogP contribution < -0.4 is 5.32 Å². The van der Waals surface area contributed by atoms with Crippen LogP contribution in [0.5, 0.6) is 0 Å². The fourth-order valence-electron chi connectivity index (χ4n) is 2.17. The minimum absolute atomic E-state index is 0.139. The topological polar surface area (TPSA) is 47.6 Å². The zero-order chi connectivity index (χ0) is 14.8. The number of esters is 1.